The topological polar surface area (TPSA) is 72.7 Å². The Kier molecular flexibility index (Phi) is 5.78. The van der Waals surface area contributed by atoms with E-state index in [1.165, 1.54) is 10.4 Å². The van der Waals surface area contributed by atoms with Crippen LogP contribution in [0.5, 0.6) is 0 Å². The molecule has 0 radical (unpaired) electrons. The third-order valence-electron chi connectivity index (χ3n) is 4.02. The van der Waals surface area contributed by atoms with Gasteiger partial charge < -0.3 is 5.32 Å². The van der Waals surface area contributed by atoms with E-state index in [4.69, 9.17) is 0 Å². The first-order chi connectivity index (χ1) is 12.5. The molecule has 0 aliphatic rings. The van der Waals surface area contributed by atoms with Crippen LogP contribution in [0.3, 0.4) is 0 Å². The molecule has 7 heteroatoms. The summed E-state index contributed by atoms with van der Waals surface area (Å²) in [7, 11) is 0. The summed E-state index contributed by atoms with van der Waals surface area (Å²) in [5, 5.41) is 19.1. The molecule has 1 amide bonds. The lowest BCUT2D eigenvalue weighted by atomic mass is 10.00. The highest BCUT2D eigenvalue weighted by Crippen LogP contribution is 2.17. The van der Waals surface area contributed by atoms with Crippen LogP contribution < -0.4 is 5.32 Å². The molecule has 0 fully saturated rings. The minimum atomic E-state index is -0.141. The summed E-state index contributed by atoms with van der Waals surface area (Å²) < 4.78 is 0. The Morgan fingerprint density at radius 3 is 2.62 bits per heavy atom. The fourth-order valence-electron chi connectivity index (χ4n) is 2.73. The fraction of sp³-hybridized carbons (Fsp3) is 0.368. The van der Waals surface area contributed by atoms with Crippen LogP contribution in [0.1, 0.15) is 37.9 Å². The van der Waals surface area contributed by atoms with Gasteiger partial charge in [0.2, 0.25) is 11.7 Å². The molecule has 3 aromatic rings. The number of nitrogens with one attached hydrogen (secondary N) is 1. The zero-order valence-corrected chi connectivity index (χ0v) is 16.0. The molecule has 0 spiro atoms. The van der Waals surface area contributed by atoms with Gasteiger partial charge in [0.1, 0.15) is 6.54 Å². The molecular formula is C19H23N5OS. The average Bonchev–Trinajstić information content (AvgIpc) is 3.26. The van der Waals surface area contributed by atoms with Gasteiger partial charge in [0, 0.05) is 10.9 Å². The predicted molar refractivity (Wildman–Crippen MR) is 103 cm³/mol. The zero-order chi connectivity index (χ0) is 18.5. The Bertz CT molecular complexity index is 839. The van der Waals surface area contributed by atoms with Crippen molar-refractivity contribution in [3.63, 3.8) is 0 Å². The number of aromatic nitrogens is 4. The van der Waals surface area contributed by atoms with E-state index in [2.05, 4.69) is 58.8 Å². The molecule has 136 valence electrons. The van der Waals surface area contributed by atoms with E-state index >= 15 is 0 Å². The Morgan fingerprint density at radius 1 is 1.19 bits per heavy atom. The summed E-state index contributed by atoms with van der Waals surface area (Å²) in [6, 6.07) is 10.3. The molecule has 6 nitrogen and oxygen atoms in total. The molecule has 0 unspecified atom stereocenters. The first kappa shape index (κ1) is 18.3. The Labute approximate surface area is 157 Å². The summed E-state index contributed by atoms with van der Waals surface area (Å²) in [5.74, 6) is 1.03. The first-order valence-electron chi connectivity index (χ1n) is 8.70. The number of thiophene rings is 1. The molecule has 0 saturated heterocycles. The van der Waals surface area contributed by atoms with E-state index in [0.717, 1.165) is 17.5 Å². The van der Waals surface area contributed by atoms with Gasteiger partial charge in [-0.05, 0) is 47.0 Å². The Morgan fingerprint density at radius 2 is 1.96 bits per heavy atom. The number of tetrazole rings is 1. The van der Waals surface area contributed by atoms with Crippen molar-refractivity contribution in [3.8, 4) is 11.4 Å². The van der Waals surface area contributed by atoms with E-state index < -0.39 is 0 Å². The molecule has 3 rings (SSSR count). The number of amides is 1. The van der Waals surface area contributed by atoms with Gasteiger partial charge in [-0.25, -0.2) is 0 Å². The smallest absolute Gasteiger partial charge is 0.244 e. The maximum atomic E-state index is 12.3. The van der Waals surface area contributed by atoms with Gasteiger partial charge in [-0.15, -0.1) is 10.2 Å². The second kappa shape index (κ2) is 8.23. The lowest BCUT2D eigenvalue weighted by molar-refractivity contribution is -0.122. The molecule has 26 heavy (non-hydrogen) atoms. The van der Waals surface area contributed by atoms with Crippen LogP contribution in [0.15, 0.2) is 41.1 Å². The highest BCUT2D eigenvalue weighted by molar-refractivity contribution is 7.08. The number of carbonyl (C=O) groups is 1. The molecule has 0 saturated carbocycles. The second-order valence-electron chi connectivity index (χ2n) is 6.78. The summed E-state index contributed by atoms with van der Waals surface area (Å²) >= 11 is 1.57. The molecule has 1 aromatic carbocycles. The first-order valence-corrected chi connectivity index (χ1v) is 9.64. The van der Waals surface area contributed by atoms with Crippen LogP contribution in [0.2, 0.25) is 0 Å². The second-order valence-corrected chi connectivity index (χ2v) is 7.56. The SMILES string of the molecule is CC(C)Cc1ccc([C@H](C)NC(=O)Cn2nnc(-c3ccsc3)n2)cc1. The third kappa shape index (κ3) is 4.76. The van der Waals surface area contributed by atoms with Gasteiger partial charge in [-0.2, -0.15) is 16.1 Å². The molecule has 0 aliphatic carbocycles. The Balaban J connectivity index is 1.56. The molecule has 0 aliphatic heterocycles. The van der Waals surface area contributed by atoms with Crippen molar-refractivity contribution < 1.29 is 4.79 Å². The van der Waals surface area contributed by atoms with Gasteiger partial charge in [-0.1, -0.05) is 38.1 Å². The van der Waals surface area contributed by atoms with Crippen molar-refractivity contribution in [2.75, 3.05) is 0 Å². The number of hydrogen-bond acceptors (Lipinski definition) is 5. The van der Waals surface area contributed by atoms with E-state index in [1.807, 2.05) is 23.8 Å². The van der Waals surface area contributed by atoms with Gasteiger partial charge in [0.25, 0.3) is 0 Å². The van der Waals surface area contributed by atoms with Crippen LogP contribution in [-0.2, 0) is 17.8 Å². The third-order valence-corrected chi connectivity index (χ3v) is 4.70. The van der Waals surface area contributed by atoms with Crippen molar-refractivity contribution in [1.82, 2.24) is 25.5 Å². The van der Waals surface area contributed by atoms with Gasteiger partial charge in [0.05, 0.1) is 6.04 Å². The largest absolute Gasteiger partial charge is 0.348 e. The average molecular weight is 369 g/mol. The Hall–Kier alpha value is -2.54. The highest BCUT2D eigenvalue weighted by Gasteiger charge is 2.13. The van der Waals surface area contributed by atoms with Gasteiger partial charge in [0.15, 0.2) is 0 Å². The maximum Gasteiger partial charge on any atom is 0.244 e. The number of rotatable bonds is 7. The van der Waals surface area contributed by atoms with Crippen molar-refractivity contribution in [3.05, 3.63) is 52.2 Å². The monoisotopic (exact) mass is 369 g/mol. The van der Waals surface area contributed by atoms with Crippen molar-refractivity contribution in [1.29, 1.82) is 0 Å². The standard InChI is InChI=1S/C19H23N5OS/c1-13(2)10-15-4-6-16(7-5-15)14(3)20-18(25)11-24-22-19(21-23-24)17-8-9-26-12-17/h4-9,12-14H,10-11H2,1-3H3,(H,20,25)/t14-/m0/s1. The highest BCUT2D eigenvalue weighted by atomic mass is 32.1. The van der Waals surface area contributed by atoms with E-state index in [1.54, 1.807) is 11.3 Å². The lowest BCUT2D eigenvalue weighted by Crippen LogP contribution is -2.30. The molecule has 1 atom stereocenters. The van der Waals surface area contributed by atoms with Gasteiger partial charge >= 0.3 is 0 Å². The number of hydrogen-bond donors (Lipinski definition) is 1. The lowest BCUT2D eigenvalue weighted by Gasteiger charge is -2.15. The van der Waals surface area contributed by atoms with Gasteiger partial charge in [-0.3, -0.25) is 4.79 Å². The molecule has 2 aromatic heterocycles. The van der Waals surface area contributed by atoms with Crippen molar-refractivity contribution in [2.24, 2.45) is 5.92 Å². The van der Waals surface area contributed by atoms with Crippen LogP contribution in [0, 0.1) is 5.92 Å². The van der Waals surface area contributed by atoms with Crippen LogP contribution in [-0.4, -0.2) is 26.1 Å². The fourth-order valence-corrected chi connectivity index (χ4v) is 3.36. The minimum absolute atomic E-state index is 0.0485. The molecule has 0 bridgehead atoms. The molecule has 2 heterocycles. The molecule has 1 N–H and O–H groups in total. The van der Waals surface area contributed by atoms with Crippen LogP contribution in [0.25, 0.3) is 11.4 Å². The summed E-state index contributed by atoms with van der Waals surface area (Å²) in [5.41, 5.74) is 3.31. The van der Waals surface area contributed by atoms with E-state index in [9.17, 15) is 4.79 Å². The number of carbonyl (C=O) groups excluding carboxylic acids is 1. The van der Waals surface area contributed by atoms with Crippen molar-refractivity contribution in [2.45, 2.75) is 39.8 Å². The maximum absolute atomic E-state index is 12.3. The summed E-state index contributed by atoms with van der Waals surface area (Å²) in [6.45, 7) is 6.44. The van der Waals surface area contributed by atoms with E-state index in [-0.39, 0.29) is 18.5 Å². The summed E-state index contributed by atoms with van der Waals surface area (Å²) in [4.78, 5) is 13.6. The summed E-state index contributed by atoms with van der Waals surface area (Å²) in [6.07, 6.45) is 1.06. The van der Waals surface area contributed by atoms with Crippen molar-refractivity contribution >= 4 is 17.2 Å². The van der Waals surface area contributed by atoms with Crippen LogP contribution in [0.4, 0.5) is 0 Å². The van der Waals surface area contributed by atoms with Crippen LogP contribution >= 0.6 is 11.3 Å². The normalized spacial score (nSPS) is 12.3. The predicted octanol–water partition coefficient (Wildman–Crippen LogP) is 3.48. The molecular weight excluding hydrogens is 346 g/mol. The zero-order valence-electron chi connectivity index (χ0n) is 15.2. The number of benzene rings is 1. The minimum Gasteiger partial charge on any atom is -0.348 e. The van der Waals surface area contributed by atoms with E-state index in [0.29, 0.717) is 11.7 Å². The number of nitrogens with zero attached hydrogens (tertiary/aromatic N) is 4. The quantitative estimate of drug-likeness (QED) is 0.692.